The Morgan fingerprint density at radius 3 is 1.05 bits per heavy atom. The Hall–Kier alpha value is -12.8. The third-order valence-electron chi connectivity index (χ3n) is 20.6. The normalized spacial score (nSPS) is 12.1. The molecule has 6 heterocycles. The van der Waals surface area contributed by atoms with Crippen molar-refractivity contribution in [3.05, 3.63) is 314 Å². The molecule has 0 unspecified atom stereocenters. The Kier molecular flexibility index (Phi) is 11.6. The molecule has 0 fully saturated rings. The number of para-hydroxylation sites is 4. The number of hydrogen-bond donors (Lipinski definition) is 0. The Bertz CT molecular complexity index is 7040. The van der Waals surface area contributed by atoms with Gasteiger partial charge in [0.05, 0.1) is 76.3 Å². The standard InChI is InChI=1S/C90H50N6S2/c91-51-73-84(94-77-37-16-10-30-63(77)64-31-11-17-38-78(64)94)86(96-80-50-56(60-34-20-24-54-23-4-5-25-58(54)60)42-44-66(80)70-46-48-72-68-33-13-19-40-82(68)98-90(72)88(70)96)74(52-92)83(93-75-35-14-8-28-61(75)62-29-9-15-36-76(62)93)85(73)95-79-49-55(59-27-7-6-26-57(59)53-21-2-1-3-22-53)41-43-65(79)69-45-47-71-67-32-12-18-39-81(67)97-89(71)87(69)95/h1-50H. The van der Waals surface area contributed by atoms with E-state index in [4.69, 9.17) is 0 Å². The molecule has 0 aliphatic carbocycles. The molecule has 0 aliphatic rings. The SMILES string of the molecule is N#Cc1c(-n2c3ccccc3c3ccccc32)c(-n2c3cc(-c4cccc5ccccc45)ccc3c3ccc4c5ccccc5sc4c32)c(C#N)c(-n2c3ccccc3c3ccccc32)c1-n1c2cc(-c3ccccc3-c3ccccc3)ccc2c2ccc3c4ccccc4sc3c21. The molecule has 98 heavy (non-hydrogen) atoms. The van der Waals surface area contributed by atoms with Gasteiger partial charge in [-0.3, -0.25) is 0 Å². The van der Waals surface area contributed by atoms with Crippen LogP contribution in [0, 0.1) is 22.7 Å². The Morgan fingerprint density at radius 1 is 0.235 bits per heavy atom. The summed E-state index contributed by atoms with van der Waals surface area (Å²) in [6.07, 6.45) is 0. The highest BCUT2D eigenvalue weighted by Gasteiger charge is 2.36. The van der Waals surface area contributed by atoms with E-state index in [-0.39, 0.29) is 0 Å². The molecule has 0 amide bonds. The van der Waals surface area contributed by atoms with E-state index >= 15 is 0 Å². The van der Waals surface area contributed by atoms with Crippen molar-refractivity contribution in [3.63, 3.8) is 0 Å². The quantitative estimate of drug-likeness (QED) is 0.160. The summed E-state index contributed by atoms with van der Waals surface area (Å²) >= 11 is 3.55. The summed E-state index contributed by atoms with van der Waals surface area (Å²) in [5.41, 5.74) is 17.0. The summed E-state index contributed by atoms with van der Waals surface area (Å²) in [4.78, 5) is 0. The molecule has 0 saturated carbocycles. The summed E-state index contributed by atoms with van der Waals surface area (Å²) in [6, 6.07) is 115. The molecule has 0 spiro atoms. The number of hydrogen-bond acceptors (Lipinski definition) is 4. The number of benzene rings is 15. The predicted molar refractivity (Wildman–Crippen MR) is 413 cm³/mol. The van der Waals surface area contributed by atoms with Crippen LogP contribution in [0.1, 0.15) is 11.1 Å². The van der Waals surface area contributed by atoms with Gasteiger partial charge in [0.2, 0.25) is 0 Å². The molecule has 21 aromatic rings. The average molecular weight is 1280 g/mol. The Morgan fingerprint density at radius 2 is 0.571 bits per heavy atom. The number of aromatic nitrogens is 4. The van der Waals surface area contributed by atoms with Gasteiger partial charge < -0.3 is 18.3 Å². The lowest BCUT2D eigenvalue weighted by Gasteiger charge is -2.27. The van der Waals surface area contributed by atoms with E-state index < -0.39 is 0 Å². The van der Waals surface area contributed by atoms with Gasteiger partial charge in [0.1, 0.15) is 23.3 Å². The van der Waals surface area contributed by atoms with Crippen LogP contribution in [-0.2, 0) is 0 Å². The molecule has 0 saturated heterocycles. The highest BCUT2D eigenvalue weighted by Crippen LogP contribution is 2.53. The van der Waals surface area contributed by atoms with Crippen molar-refractivity contribution in [2.45, 2.75) is 0 Å². The lowest BCUT2D eigenvalue weighted by Crippen LogP contribution is -2.16. The number of nitrogens with zero attached hydrogens (tertiary/aromatic N) is 6. The summed E-state index contributed by atoms with van der Waals surface area (Å²) in [5.74, 6) is 0. The van der Waals surface area contributed by atoms with E-state index in [0.717, 1.165) is 172 Å². The number of nitriles is 2. The minimum Gasteiger partial charge on any atom is -0.306 e. The second kappa shape index (κ2) is 20.8. The number of rotatable bonds is 7. The zero-order valence-corrected chi connectivity index (χ0v) is 54.0. The van der Waals surface area contributed by atoms with E-state index in [9.17, 15) is 10.5 Å². The molecule has 21 rings (SSSR count). The van der Waals surface area contributed by atoms with Gasteiger partial charge in [0.15, 0.2) is 0 Å². The summed E-state index contributed by atoms with van der Waals surface area (Å²) < 4.78 is 13.9. The van der Waals surface area contributed by atoms with Gasteiger partial charge in [-0.2, -0.15) is 10.5 Å². The first-order valence-electron chi connectivity index (χ1n) is 33.0. The van der Waals surface area contributed by atoms with E-state index in [1.807, 2.05) is 0 Å². The van der Waals surface area contributed by atoms with Crippen LogP contribution in [-0.4, -0.2) is 18.3 Å². The van der Waals surface area contributed by atoms with Crippen molar-refractivity contribution in [3.8, 4) is 68.3 Å². The third-order valence-corrected chi connectivity index (χ3v) is 23.0. The lowest BCUT2D eigenvalue weighted by molar-refractivity contribution is 1.03. The fraction of sp³-hybridized carbons (Fsp3) is 0. The van der Waals surface area contributed by atoms with Crippen LogP contribution in [0.25, 0.3) is 194 Å². The van der Waals surface area contributed by atoms with Crippen molar-refractivity contribution in [2.75, 3.05) is 0 Å². The molecule has 0 radical (unpaired) electrons. The van der Waals surface area contributed by atoms with Crippen LogP contribution in [0.5, 0.6) is 0 Å². The second-order valence-corrected chi connectivity index (χ2v) is 27.7. The van der Waals surface area contributed by atoms with Crippen LogP contribution in [0.2, 0.25) is 0 Å². The number of fused-ring (bicyclic) bond motifs is 21. The van der Waals surface area contributed by atoms with Crippen LogP contribution in [0.4, 0.5) is 0 Å². The Balaban J connectivity index is 1.05. The first-order valence-corrected chi connectivity index (χ1v) is 34.7. The molecule has 0 bridgehead atoms. The first-order chi connectivity index (χ1) is 48.6. The fourth-order valence-electron chi connectivity index (χ4n) is 16.5. The van der Waals surface area contributed by atoms with Crippen LogP contribution in [0.3, 0.4) is 0 Å². The van der Waals surface area contributed by atoms with Crippen LogP contribution < -0.4 is 0 Å². The molecule has 0 aliphatic heterocycles. The molecule has 6 aromatic heterocycles. The second-order valence-electron chi connectivity index (χ2n) is 25.6. The van der Waals surface area contributed by atoms with Gasteiger partial charge in [-0.1, -0.05) is 255 Å². The largest absolute Gasteiger partial charge is 0.306 e. The minimum absolute atomic E-state index is 0.401. The smallest absolute Gasteiger partial charge is 0.104 e. The molecular formula is C90H50N6S2. The van der Waals surface area contributed by atoms with Crippen molar-refractivity contribution in [2.24, 2.45) is 0 Å². The highest BCUT2D eigenvalue weighted by molar-refractivity contribution is 7.27. The van der Waals surface area contributed by atoms with Gasteiger partial charge in [-0.15, -0.1) is 22.7 Å². The zero-order valence-electron chi connectivity index (χ0n) is 52.4. The first kappa shape index (κ1) is 54.6. The molecule has 8 heteroatoms. The van der Waals surface area contributed by atoms with E-state index in [0.29, 0.717) is 33.9 Å². The Labute approximate surface area is 568 Å². The maximum absolute atomic E-state index is 13.6. The fourth-order valence-corrected chi connectivity index (χ4v) is 19.0. The van der Waals surface area contributed by atoms with Crippen molar-refractivity contribution < 1.29 is 0 Å². The van der Waals surface area contributed by atoms with Gasteiger partial charge in [0, 0.05) is 74.0 Å². The van der Waals surface area contributed by atoms with E-state index in [2.05, 4.69) is 334 Å². The summed E-state index contributed by atoms with van der Waals surface area (Å²) in [5, 5.41) is 42.2. The maximum atomic E-state index is 13.6. The van der Waals surface area contributed by atoms with Gasteiger partial charge in [-0.25, -0.2) is 0 Å². The molecular weight excluding hydrogens is 1230 g/mol. The van der Waals surface area contributed by atoms with Crippen molar-refractivity contribution in [1.29, 1.82) is 10.5 Å². The molecule has 6 nitrogen and oxygen atoms in total. The molecule has 15 aromatic carbocycles. The average Bonchev–Trinajstić information content (AvgIpc) is 1.57. The van der Waals surface area contributed by atoms with Crippen molar-refractivity contribution >= 4 is 161 Å². The summed E-state index contributed by atoms with van der Waals surface area (Å²) in [6.45, 7) is 0. The summed E-state index contributed by atoms with van der Waals surface area (Å²) in [7, 11) is 0. The monoisotopic (exact) mass is 1280 g/mol. The van der Waals surface area contributed by atoms with Crippen molar-refractivity contribution in [1.82, 2.24) is 18.3 Å². The zero-order chi connectivity index (χ0) is 64.4. The van der Waals surface area contributed by atoms with E-state index in [1.165, 1.54) is 0 Å². The van der Waals surface area contributed by atoms with Gasteiger partial charge in [0.25, 0.3) is 0 Å². The van der Waals surface area contributed by atoms with Crippen LogP contribution >= 0.6 is 22.7 Å². The highest BCUT2D eigenvalue weighted by atomic mass is 32.1. The predicted octanol–water partition coefficient (Wildman–Crippen LogP) is 24.7. The lowest BCUT2D eigenvalue weighted by atomic mass is 9.94. The maximum Gasteiger partial charge on any atom is 0.104 e. The third kappa shape index (κ3) is 7.53. The number of thiophene rings is 2. The molecule has 0 N–H and O–H groups in total. The minimum atomic E-state index is 0.401. The van der Waals surface area contributed by atoms with Gasteiger partial charge in [-0.05, 0) is 92.7 Å². The molecule has 0 atom stereocenters. The van der Waals surface area contributed by atoms with Gasteiger partial charge >= 0.3 is 0 Å². The van der Waals surface area contributed by atoms with Crippen LogP contribution in [0.15, 0.2) is 303 Å². The van der Waals surface area contributed by atoms with E-state index in [1.54, 1.807) is 22.7 Å². The molecule has 452 valence electrons. The topological polar surface area (TPSA) is 67.3 Å².